The van der Waals surface area contributed by atoms with Crippen molar-refractivity contribution >= 4 is 16.5 Å². The van der Waals surface area contributed by atoms with E-state index in [9.17, 15) is 0 Å². The average Bonchev–Trinajstić information content (AvgIpc) is 3.04. The van der Waals surface area contributed by atoms with Gasteiger partial charge in [-0.2, -0.15) is 0 Å². The van der Waals surface area contributed by atoms with Crippen LogP contribution < -0.4 is 10.2 Å². The first-order valence-electron chi connectivity index (χ1n) is 7.27. The topological polar surface area (TPSA) is 31.4 Å². The normalized spacial score (nSPS) is 27.1. The number of nitrogens with zero attached hydrogens (tertiary/aromatic N) is 3. The molecule has 106 valence electrons. The molecule has 1 N–H and O–H groups in total. The van der Waals surface area contributed by atoms with Gasteiger partial charge in [-0.1, -0.05) is 0 Å². The van der Waals surface area contributed by atoms with Gasteiger partial charge in [-0.25, -0.2) is 4.98 Å². The van der Waals surface area contributed by atoms with Gasteiger partial charge in [0.2, 0.25) is 0 Å². The standard InChI is InChI=1S/C14H24N4S/c1-15-11-5-4-6-12-13(11)16-14(19-12)18-8-7-10(9-18)17(2)3/h10-11,15H,4-9H2,1-3H3. The number of likely N-dealkylation sites (N-methyl/N-ethyl adjacent to an activating group) is 1. The zero-order valence-corrected chi connectivity index (χ0v) is 13.0. The smallest absolute Gasteiger partial charge is 0.185 e. The molecule has 1 aliphatic carbocycles. The predicted octanol–water partition coefficient (Wildman–Crippen LogP) is 1.88. The van der Waals surface area contributed by atoms with Gasteiger partial charge in [-0.15, -0.1) is 11.3 Å². The van der Waals surface area contributed by atoms with Gasteiger partial charge in [0.05, 0.1) is 11.7 Å². The van der Waals surface area contributed by atoms with Gasteiger partial charge in [0.15, 0.2) is 5.13 Å². The van der Waals surface area contributed by atoms with E-state index in [0.29, 0.717) is 12.1 Å². The molecular formula is C14H24N4S. The second-order valence-electron chi connectivity index (χ2n) is 5.89. The maximum Gasteiger partial charge on any atom is 0.185 e. The van der Waals surface area contributed by atoms with E-state index < -0.39 is 0 Å². The van der Waals surface area contributed by atoms with Crippen LogP contribution in [0.15, 0.2) is 0 Å². The fourth-order valence-electron chi connectivity index (χ4n) is 3.16. The van der Waals surface area contributed by atoms with E-state index in [1.807, 2.05) is 11.3 Å². The molecule has 19 heavy (non-hydrogen) atoms. The molecule has 0 spiro atoms. The number of nitrogens with one attached hydrogen (secondary N) is 1. The maximum absolute atomic E-state index is 4.94. The molecule has 0 aromatic carbocycles. The Balaban J connectivity index is 1.78. The van der Waals surface area contributed by atoms with Gasteiger partial charge < -0.3 is 15.1 Å². The minimum Gasteiger partial charge on any atom is -0.346 e. The lowest BCUT2D eigenvalue weighted by atomic mass is 9.98. The van der Waals surface area contributed by atoms with Gasteiger partial charge in [0, 0.05) is 24.0 Å². The van der Waals surface area contributed by atoms with Crippen molar-refractivity contribution in [3.63, 3.8) is 0 Å². The molecule has 4 nitrogen and oxygen atoms in total. The molecule has 1 saturated heterocycles. The van der Waals surface area contributed by atoms with Gasteiger partial charge in [-0.3, -0.25) is 0 Å². The number of aromatic nitrogens is 1. The summed E-state index contributed by atoms with van der Waals surface area (Å²) in [5, 5.41) is 4.66. The van der Waals surface area contributed by atoms with Crippen LogP contribution in [0.1, 0.15) is 35.9 Å². The molecule has 2 unspecified atom stereocenters. The molecule has 0 saturated carbocycles. The Morgan fingerprint density at radius 1 is 1.37 bits per heavy atom. The summed E-state index contributed by atoms with van der Waals surface area (Å²) in [4.78, 5) is 11.3. The van der Waals surface area contributed by atoms with Gasteiger partial charge >= 0.3 is 0 Å². The Morgan fingerprint density at radius 2 is 2.21 bits per heavy atom. The lowest BCUT2D eigenvalue weighted by Gasteiger charge is -2.20. The number of aryl methyl sites for hydroxylation is 1. The van der Waals surface area contributed by atoms with Crippen LogP contribution in [0.5, 0.6) is 0 Å². The van der Waals surface area contributed by atoms with Crippen LogP contribution >= 0.6 is 11.3 Å². The highest BCUT2D eigenvalue weighted by atomic mass is 32.1. The summed E-state index contributed by atoms with van der Waals surface area (Å²) in [6.45, 7) is 2.28. The summed E-state index contributed by atoms with van der Waals surface area (Å²) in [6.07, 6.45) is 5.00. The first-order chi connectivity index (χ1) is 9.19. The number of anilines is 1. The summed E-state index contributed by atoms with van der Waals surface area (Å²) < 4.78 is 0. The predicted molar refractivity (Wildman–Crippen MR) is 81.2 cm³/mol. The van der Waals surface area contributed by atoms with E-state index in [2.05, 4.69) is 36.3 Å². The Hall–Kier alpha value is -0.650. The molecule has 1 aromatic heterocycles. The summed E-state index contributed by atoms with van der Waals surface area (Å²) in [6, 6.07) is 1.15. The second-order valence-corrected chi connectivity index (χ2v) is 6.95. The number of rotatable bonds is 3. The van der Waals surface area contributed by atoms with Crippen molar-refractivity contribution in [2.75, 3.05) is 39.1 Å². The Morgan fingerprint density at radius 3 is 2.89 bits per heavy atom. The number of hydrogen-bond donors (Lipinski definition) is 1. The van der Waals surface area contributed by atoms with E-state index in [-0.39, 0.29) is 0 Å². The summed E-state index contributed by atoms with van der Waals surface area (Å²) >= 11 is 1.92. The quantitative estimate of drug-likeness (QED) is 0.916. The van der Waals surface area contributed by atoms with E-state index in [1.54, 1.807) is 0 Å². The highest BCUT2D eigenvalue weighted by molar-refractivity contribution is 7.15. The van der Waals surface area contributed by atoms with Gasteiger partial charge in [0.25, 0.3) is 0 Å². The maximum atomic E-state index is 4.94. The first kappa shape index (κ1) is 13.3. The third-order valence-corrected chi connectivity index (χ3v) is 5.65. The lowest BCUT2D eigenvalue weighted by Crippen LogP contribution is -2.31. The minimum absolute atomic E-state index is 0.473. The van der Waals surface area contributed by atoms with E-state index >= 15 is 0 Å². The van der Waals surface area contributed by atoms with Crippen molar-refractivity contribution in [1.29, 1.82) is 0 Å². The average molecular weight is 280 g/mol. The van der Waals surface area contributed by atoms with Gasteiger partial charge in [-0.05, 0) is 46.8 Å². The summed E-state index contributed by atoms with van der Waals surface area (Å²) in [7, 11) is 6.41. The first-order valence-corrected chi connectivity index (χ1v) is 8.09. The third-order valence-electron chi connectivity index (χ3n) is 4.46. The highest BCUT2D eigenvalue weighted by Crippen LogP contribution is 2.37. The zero-order valence-electron chi connectivity index (χ0n) is 12.1. The Bertz CT molecular complexity index is 443. The molecule has 3 rings (SSSR count). The van der Waals surface area contributed by atoms with Crippen LogP contribution in [0.2, 0.25) is 0 Å². The van der Waals surface area contributed by atoms with Crippen molar-refractivity contribution in [1.82, 2.24) is 15.2 Å². The molecule has 1 fully saturated rings. The van der Waals surface area contributed by atoms with Crippen molar-refractivity contribution in [3.05, 3.63) is 10.6 Å². The van der Waals surface area contributed by atoms with Crippen LogP contribution in [-0.4, -0.2) is 50.2 Å². The minimum atomic E-state index is 0.473. The highest BCUT2D eigenvalue weighted by Gasteiger charge is 2.29. The van der Waals surface area contributed by atoms with Crippen LogP contribution in [-0.2, 0) is 6.42 Å². The summed E-state index contributed by atoms with van der Waals surface area (Å²) in [5.74, 6) is 0. The molecule has 5 heteroatoms. The van der Waals surface area contributed by atoms with Crippen LogP contribution in [0.25, 0.3) is 0 Å². The van der Waals surface area contributed by atoms with Crippen LogP contribution in [0.4, 0.5) is 5.13 Å². The molecule has 1 aliphatic heterocycles. The molecule has 0 amide bonds. The molecule has 2 atom stereocenters. The van der Waals surface area contributed by atoms with E-state index in [0.717, 1.165) is 13.1 Å². The van der Waals surface area contributed by atoms with E-state index in [1.165, 1.54) is 41.4 Å². The van der Waals surface area contributed by atoms with Gasteiger partial charge in [0.1, 0.15) is 0 Å². The van der Waals surface area contributed by atoms with Crippen molar-refractivity contribution in [2.45, 2.75) is 37.8 Å². The largest absolute Gasteiger partial charge is 0.346 e. The number of fused-ring (bicyclic) bond motifs is 1. The number of thiazole rings is 1. The molecule has 1 aromatic rings. The van der Waals surface area contributed by atoms with Crippen molar-refractivity contribution in [2.24, 2.45) is 0 Å². The van der Waals surface area contributed by atoms with Crippen LogP contribution in [0.3, 0.4) is 0 Å². The van der Waals surface area contributed by atoms with E-state index in [4.69, 9.17) is 4.98 Å². The molecule has 0 radical (unpaired) electrons. The third kappa shape index (κ3) is 2.51. The Kier molecular flexibility index (Phi) is 3.78. The summed E-state index contributed by atoms with van der Waals surface area (Å²) in [5.41, 5.74) is 1.32. The monoisotopic (exact) mass is 280 g/mol. The number of hydrogen-bond acceptors (Lipinski definition) is 5. The SMILES string of the molecule is CNC1CCCc2sc(N3CCC(N(C)C)C3)nc21. The molecular weight excluding hydrogens is 256 g/mol. The zero-order chi connectivity index (χ0) is 13.4. The molecule has 0 bridgehead atoms. The van der Waals surface area contributed by atoms with Crippen LogP contribution in [0, 0.1) is 0 Å². The second kappa shape index (κ2) is 5.38. The molecule has 2 aliphatic rings. The molecule has 2 heterocycles. The fraction of sp³-hybridized carbons (Fsp3) is 0.786. The lowest BCUT2D eigenvalue weighted by molar-refractivity contribution is 0.315. The Labute approximate surface area is 119 Å². The fourth-order valence-corrected chi connectivity index (χ4v) is 4.36. The van der Waals surface area contributed by atoms with Crippen molar-refractivity contribution < 1.29 is 0 Å². The van der Waals surface area contributed by atoms with Crippen molar-refractivity contribution in [3.8, 4) is 0 Å².